The zero-order valence-corrected chi connectivity index (χ0v) is 11.6. The molecule has 0 spiro atoms. The summed E-state index contributed by atoms with van der Waals surface area (Å²) in [5.74, 6) is 0. The third kappa shape index (κ3) is 2.79. The number of likely N-dealkylation sites (N-methyl/N-ethyl adjacent to an activating group) is 1. The summed E-state index contributed by atoms with van der Waals surface area (Å²) >= 11 is 0. The molecule has 4 heteroatoms. The number of fused-ring (bicyclic) bond motifs is 1. The smallest absolute Gasteiger partial charge is 0.323 e. The summed E-state index contributed by atoms with van der Waals surface area (Å²) in [5, 5.41) is 1.07. The topological polar surface area (TPSA) is 51.3 Å². The van der Waals surface area contributed by atoms with Crippen molar-refractivity contribution in [2.45, 2.75) is 20.3 Å². The van der Waals surface area contributed by atoms with Crippen molar-refractivity contribution in [3.8, 4) is 0 Å². The number of hydrogen-bond donors (Lipinski definition) is 1. The van der Waals surface area contributed by atoms with Crippen LogP contribution in [0.4, 0.5) is 4.79 Å². The molecule has 1 aromatic heterocycles. The zero-order chi connectivity index (χ0) is 13.8. The number of carbonyl (C=O) groups excluding carboxylic acids is 1. The van der Waals surface area contributed by atoms with Gasteiger partial charge in [0.05, 0.1) is 5.52 Å². The monoisotopic (exact) mass is 259 g/mol. The summed E-state index contributed by atoms with van der Waals surface area (Å²) in [5.41, 5.74) is 7.39. The van der Waals surface area contributed by atoms with Gasteiger partial charge in [-0.3, -0.25) is 4.57 Å². The highest BCUT2D eigenvalue weighted by Gasteiger charge is 2.12. The zero-order valence-electron chi connectivity index (χ0n) is 11.6. The predicted octanol–water partition coefficient (Wildman–Crippen LogP) is 2.45. The van der Waals surface area contributed by atoms with E-state index in [1.165, 1.54) is 0 Å². The molecule has 0 saturated carbocycles. The SMILES string of the molecule is CCN(CC)CCc1cc2ccccc2n1C(N)=O. The maximum absolute atomic E-state index is 11.7. The lowest BCUT2D eigenvalue weighted by molar-refractivity contribution is 0.250. The van der Waals surface area contributed by atoms with Crippen LogP contribution in [-0.4, -0.2) is 35.1 Å². The molecule has 0 aliphatic carbocycles. The molecule has 0 unspecified atom stereocenters. The fraction of sp³-hybridized carbons (Fsp3) is 0.400. The lowest BCUT2D eigenvalue weighted by Gasteiger charge is -2.18. The molecule has 102 valence electrons. The lowest BCUT2D eigenvalue weighted by atomic mass is 10.2. The first kappa shape index (κ1) is 13.6. The molecule has 0 bridgehead atoms. The molecule has 0 fully saturated rings. The van der Waals surface area contributed by atoms with Gasteiger partial charge in [0.15, 0.2) is 0 Å². The first-order chi connectivity index (χ1) is 9.17. The van der Waals surface area contributed by atoms with Crippen LogP contribution in [0.15, 0.2) is 30.3 Å². The van der Waals surface area contributed by atoms with Gasteiger partial charge in [-0.1, -0.05) is 32.0 Å². The van der Waals surface area contributed by atoms with E-state index in [2.05, 4.69) is 24.8 Å². The summed E-state index contributed by atoms with van der Waals surface area (Å²) in [6.07, 6.45) is 0.833. The van der Waals surface area contributed by atoms with Crippen molar-refractivity contribution in [1.29, 1.82) is 0 Å². The first-order valence-corrected chi connectivity index (χ1v) is 6.78. The molecular weight excluding hydrogens is 238 g/mol. The molecule has 1 amide bonds. The molecule has 0 atom stereocenters. The normalized spacial score (nSPS) is 11.3. The Bertz CT molecular complexity index is 570. The molecule has 1 heterocycles. The van der Waals surface area contributed by atoms with Gasteiger partial charge in [-0.15, -0.1) is 0 Å². The van der Waals surface area contributed by atoms with Gasteiger partial charge in [-0.25, -0.2) is 4.79 Å². The van der Waals surface area contributed by atoms with E-state index in [1.54, 1.807) is 4.57 Å². The van der Waals surface area contributed by atoms with E-state index < -0.39 is 6.03 Å². The van der Waals surface area contributed by atoms with Crippen molar-refractivity contribution in [3.63, 3.8) is 0 Å². The Hall–Kier alpha value is -1.81. The number of nitrogens with zero attached hydrogens (tertiary/aromatic N) is 2. The van der Waals surface area contributed by atoms with Crippen LogP contribution in [0, 0.1) is 0 Å². The minimum Gasteiger partial charge on any atom is -0.351 e. The summed E-state index contributed by atoms with van der Waals surface area (Å²) in [7, 11) is 0. The van der Waals surface area contributed by atoms with Crippen LogP contribution in [0.25, 0.3) is 10.9 Å². The molecule has 0 saturated heterocycles. The van der Waals surface area contributed by atoms with E-state index in [-0.39, 0.29) is 0 Å². The number of rotatable bonds is 5. The van der Waals surface area contributed by atoms with Gasteiger partial charge in [0.1, 0.15) is 0 Å². The standard InChI is InChI=1S/C15H21N3O/c1-3-17(4-2)10-9-13-11-12-7-5-6-8-14(12)18(13)15(16)19/h5-8,11H,3-4,9-10H2,1-2H3,(H2,16,19). The number of hydrogen-bond acceptors (Lipinski definition) is 2. The minimum absolute atomic E-state index is 0.407. The Kier molecular flexibility index (Phi) is 4.22. The summed E-state index contributed by atoms with van der Waals surface area (Å²) in [6.45, 7) is 7.28. The van der Waals surface area contributed by atoms with Crippen LogP contribution in [0.1, 0.15) is 19.5 Å². The molecule has 2 rings (SSSR count). The van der Waals surface area contributed by atoms with Gasteiger partial charge in [-0.2, -0.15) is 0 Å². The van der Waals surface area contributed by atoms with Gasteiger partial charge >= 0.3 is 6.03 Å². The van der Waals surface area contributed by atoms with E-state index in [1.807, 2.05) is 24.3 Å². The van der Waals surface area contributed by atoms with Crippen molar-refractivity contribution >= 4 is 16.9 Å². The van der Waals surface area contributed by atoms with Crippen LogP contribution in [0.5, 0.6) is 0 Å². The number of para-hydroxylation sites is 1. The van der Waals surface area contributed by atoms with E-state index in [0.717, 1.165) is 42.7 Å². The van der Waals surface area contributed by atoms with Crippen molar-refractivity contribution in [1.82, 2.24) is 9.47 Å². The molecule has 0 aliphatic rings. The number of amides is 1. The van der Waals surface area contributed by atoms with Crippen molar-refractivity contribution in [2.24, 2.45) is 5.73 Å². The van der Waals surface area contributed by atoms with Crippen molar-refractivity contribution in [3.05, 3.63) is 36.0 Å². The van der Waals surface area contributed by atoms with Gasteiger partial charge in [0, 0.05) is 24.0 Å². The summed E-state index contributed by atoms with van der Waals surface area (Å²) < 4.78 is 1.62. The Morgan fingerprint density at radius 3 is 2.58 bits per heavy atom. The van der Waals surface area contributed by atoms with Gasteiger partial charge < -0.3 is 10.6 Å². The van der Waals surface area contributed by atoms with Crippen LogP contribution < -0.4 is 5.73 Å². The molecule has 2 N–H and O–H groups in total. The second-order valence-corrected chi connectivity index (χ2v) is 4.65. The summed E-state index contributed by atoms with van der Waals surface area (Å²) in [4.78, 5) is 14.0. The average molecular weight is 259 g/mol. The second kappa shape index (κ2) is 5.89. The highest BCUT2D eigenvalue weighted by atomic mass is 16.2. The summed E-state index contributed by atoms with van der Waals surface area (Å²) in [6, 6.07) is 9.49. The third-order valence-corrected chi connectivity index (χ3v) is 3.59. The van der Waals surface area contributed by atoms with E-state index in [0.29, 0.717) is 0 Å². The number of nitrogens with two attached hydrogens (primary N) is 1. The molecule has 0 aliphatic heterocycles. The van der Waals surface area contributed by atoms with Crippen molar-refractivity contribution < 1.29 is 4.79 Å². The number of aromatic nitrogens is 1. The Balaban J connectivity index is 2.31. The van der Waals surface area contributed by atoms with Crippen LogP contribution in [0.2, 0.25) is 0 Å². The Labute approximate surface area is 113 Å². The molecule has 19 heavy (non-hydrogen) atoms. The first-order valence-electron chi connectivity index (χ1n) is 6.78. The Morgan fingerprint density at radius 1 is 1.26 bits per heavy atom. The maximum atomic E-state index is 11.7. The molecular formula is C15H21N3O. The van der Waals surface area contributed by atoms with E-state index in [9.17, 15) is 4.79 Å². The fourth-order valence-electron chi connectivity index (χ4n) is 2.47. The fourth-order valence-corrected chi connectivity index (χ4v) is 2.47. The van der Waals surface area contributed by atoms with E-state index >= 15 is 0 Å². The largest absolute Gasteiger partial charge is 0.351 e. The van der Waals surface area contributed by atoms with Gasteiger partial charge in [0.25, 0.3) is 0 Å². The van der Waals surface area contributed by atoms with E-state index in [4.69, 9.17) is 5.73 Å². The lowest BCUT2D eigenvalue weighted by Crippen LogP contribution is -2.27. The number of carbonyl (C=O) groups is 1. The maximum Gasteiger partial charge on any atom is 0.323 e. The predicted molar refractivity (Wildman–Crippen MR) is 78.4 cm³/mol. The molecule has 4 nitrogen and oxygen atoms in total. The highest BCUT2D eigenvalue weighted by molar-refractivity contribution is 5.92. The second-order valence-electron chi connectivity index (χ2n) is 4.65. The minimum atomic E-state index is -0.407. The van der Waals surface area contributed by atoms with Crippen LogP contribution in [0.3, 0.4) is 0 Å². The Morgan fingerprint density at radius 2 is 1.95 bits per heavy atom. The van der Waals surface area contributed by atoms with Gasteiger partial charge in [0.2, 0.25) is 0 Å². The molecule has 1 aromatic carbocycles. The van der Waals surface area contributed by atoms with Crippen molar-refractivity contribution in [2.75, 3.05) is 19.6 Å². The van der Waals surface area contributed by atoms with Crippen LogP contribution in [-0.2, 0) is 6.42 Å². The number of benzene rings is 1. The third-order valence-electron chi connectivity index (χ3n) is 3.59. The quantitative estimate of drug-likeness (QED) is 0.896. The molecule has 2 aromatic rings. The number of primary amides is 1. The molecule has 0 radical (unpaired) electrons. The highest BCUT2D eigenvalue weighted by Crippen LogP contribution is 2.19. The van der Waals surface area contributed by atoms with Crippen LogP contribution >= 0.6 is 0 Å². The van der Waals surface area contributed by atoms with Gasteiger partial charge in [-0.05, 0) is 25.2 Å². The average Bonchev–Trinajstić information content (AvgIpc) is 2.78.